The standard InChI is InChI=1S/C18H26BrNO/c1-20-16(11-15-8-12-3-5-14(15)7-12)9-13-4-6-18(21-2)17(19)10-13/h4,6,10,12,14-16,20H,3,5,7-9,11H2,1-2H3. The van der Waals surface area contributed by atoms with E-state index >= 15 is 0 Å². The molecule has 2 aliphatic rings. The van der Waals surface area contributed by atoms with Crippen molar-refractivity contribution >= 4 is 15.9 Å². The van der Waals surface area contributed by atoms with E-state index in [1.54, 1.807) is 7.11 Å². The van der Waals surface area contributed by atoms with Crippen LogP contribution in [0.25, 0.3) is 0 Å². The zero-order valence-electron chi connectivity index (χ0n) is 13.1. The molecule has 1 aromatic rings. The number of fused-ring (bicyclic) bond motifs is 2. The van der Waals surface area contributed by atoms with Crippen LogP contribution < -0.4 is 10.1 Å². The lowest BCUT2D eigenvalue weighted by Gasteiger charge is -2.26. The van der Waals surface area contributed by atoms with Crippen molar-refractivity contribution in [3.05, 3.63) is 28.2 Å². The highest BCUT2D eigenvalue weighted by Crippen LogP contribution is 2.50. The van der Waals surface area contributed by atoms with E-state index in [-0.39, 0.29) is 0 Å². The van der Waals surface area contributed by atoms with Crippen molar-refractivity contribution in [2.45, 2.75) is 44.6 Å². The number of nitrogens with one attached hydrogen (secondary N) is 1. The first-order chi connectivity index (χ1) is 10.2. The second-order valence-electron chi connectivity index (χ2n) is 6.83. The Labute approximate surface area is 136 Å². The largest absolute Gasteiger partial charge is 0.496 e. The molecule has 0 radical (unpaired) electrons. The third kappa shape index (κ3) is 3.45. The summed E-state index contributed by atoms with van der Waals surface area (Å²) in [5.41, 5.74) is 1.38. The Bertz CT molecular complexity index is 490. The number of methoxy groups -OCH3 is 1. The highest BCUT2D eigenvalue weighted by atomic mass is 79.9. The summed E-state index contributed by atoms with van der Waals surface area (Å²) in [6.07, 6.45) is 8.41. The SMILES string of the molecule is CNC(Cc1ccc(OC)c(Br)c1)CC1CC2CCC1C2. The van der Waals surface area contributed by atoms with Crippen LogP contribution in [-0.2, 0) is 6.42 Å². The average Bonchev–Trinajstić information content (AvgIpc) is 3.09. The second kappa shape index (κ2) is 6.70. The van der Waals surface area contributed by atoms with Crippen LogP contribution in [0.1, 0.15) is 37.7 Å². The molecule has 2 fully saturated rings. The zero-order chi connectivity index (χ0) is 14.8. The fraction of sp³-hybridized carbons (Fsp3) is 0.667. The molecule has 0 amide bonds. The second-order valence-corrected chi connectivity index (χ2v) is 7.68. The number of likely N-dealkylation sites (N-methyl/N-ethyl adjacent to an activating group) is 1. The van der Waals surface area contributed by atoms with Gasteiger partial charge in [-0.15, -0.1) is 0 Å². The first kappa shape index (κ1) is 15.4. The van der Waals surface area contributed by atoms with E-state index in [1.165, 1.54) is 37.7 Å². The zero-order valence-corrected chi connectivity index (χ0v) is 14.7. The molecule has 0 saturated heterocycles. The molecule has 2 bridgehead atoms. The molecule has 0 heterocycles. The third-order valence-corrected chi connectivity index (χ3v) is 6.20. The van der Waals surface area contributed by atoms with E-state index in [1.807, 2.05) is 0 Å². The summed E-state index contributed by atoms with van der Waals surface area (Å²) in [6.45, 7) is 0. The molecule has 116 valence electrons. The maximum absolute atomic E-state index is 5.31. The first-order valence-corrected chi connectivity index (χ1v) is 8.98. The highest BCUT2D eigenvalue weighted by molar-refractivity contribution is 9.10. The molecule has 21 heavy (non-hydrogen) atoms. The molecule has 3 rings (SSSR count). The average molecular weight is 352 g/mol. The van der Waals surface area contributed by atoms with E-state index in [0.717, 1.165) is 34.4 Å². The summed E-state index contributed by atoms with van der Waals surface area (Å²) >= 11 is 3.59. The number of rotatable bonds is 6. The van der Waals surface area contributed by atoms with Crippen LogP contribution in [0, 0.1) is 17.8 Å². The first-order valence-electron chi connectivity index (χ1n) is 8.19. The van der Waals surface area contributed by atoms with Crippen molar-refractivity contribution < 1.29 is 4.74 Å². The number of ether oxygens (including phenoxy) is 1. The minimum absolute atomic E-state index is 0.592. The fourth-order valence-corrected chi connectivity index (χ4v) is 5.04. The Morgan fingerprint density at radius 1 is 1.33 bits per heavy atom. The molecule has 0 spiro atoms. The van der Waals surface area contributed by atoms with Gasteiger partial charge in [-0.25, -0.2) is 0 Å². The summed E-state index contributed by atoms with van der Waals surface area (Å²) < 4.78 is 6.36. The number of hydrogen-bond acceptors (Lipinski definition) is 2. The molecule has 0 aliphatic heterocycles. The fourth-order valence-electron chi connectivity index (χ4n) is 4.46. The van der Waals surface area contributed by atoms with Crippen LogP contribution in [0.4, 0.5) is 0 Å². The topological polar surface area (TPSA) is 21.3 Å². The van der Waals surface area contributed by atoms with Crippen molar-refractivity contribution in [2.24, 2.45) is 17.8 Å². The van der Waals surface area contributed by atoms with Crippen LogP contribution >= 0.6 is 15.9 Å². The van der Waals surface area contributed by atoms with Crippen LogP contribution in [0.15, 0.2) is 22.7 Å². The van der Waals surface area contributed by atoms with Gasteiger partial charge in [0, 0.05) is 6.04 Å². The predicted molar refractivity (Wildman–Crippen MR) is 90.8 cm³/mol. The van der Waals surface area contributed by atoms with Gasteiger partial charge in [-0.05, 0) is 90.5 Å². The lowest BCUT2D eigenvalue weighted by Crippen LogP contribution is -2.31. The van der Waals surface area contributed by atoms with Crippen LogP contribution in [0.5, 0.6) is 5.75 Å². The van der Waals surface area contributed by atoms with Crippen LogP contribution in [0.2, 0.25) is 0 Å². The van der Waals surface area contributed by atoms with E-state index in [2.05, 4.69) is 46.5 Å². The van der Waals surface area contributed by atoms with Crippen molar-refractivity contribution in [2.75, 3.05) is 14.2 Å². The monoisotopic (exact) mass is 351 g/mol. The molecule has 4 unspecified atom stereocenters. The molecule has 2 saturated carbocycles. The van der Waals surface area contributed by atoms with E-state index in [0.29, 0.717) is 6.04 Å². The Balaban J connectivity index is 1.60. The molecule has 0 aromatic heterocycles. The minimum atomic E-state index is 0.592. The van der Waals surface area contributed by atoms with Gasteiger partial charge in [-0.1, -0.05) is 12.5 Å². The van der Waals surface area contributed by atoms with E-state index in [4.69, 9.17) is 4.74 Å². The number of halogens is 1. The molecule has 1 N–H and O–H groups in total. The highest BCUT2D eigenvalue weighted by Gasteiger charge is 2.39. The maximum atomic E-state index is 5.31. The summed E-state index contributed by atoms with van der Waals surface area (Å²) in [5.74, 6) is 3.94. The Morgan fingerprint density at radius 2 is 2.19 bits per heavy atom. The molecular formula is C18H26BrNO. The van der Waals surface area contributed by atoms with Crippen LogP contribution in [-0.4, -0.2) is 20.2 Å². The van der Waals surface area contributed by atoms with Crippen molar-refractivity contribution in [1.82, 2.24) is 5.32 Å². The molecule has 4 atom stereocenters. The Kier molecular flexibility index (Phi) is 4.90. The summed E-state index contributed by atoms with van der Waals surface area (Å²) in [5, 5.41) is 3.54. The maximum Gasteiger partial charge on any atom is 0.133 e. The summed E-state index contributed by atoms with van der Waals surface area (Å²) in [4.78, 5) is 0. The van der Waals surface area contributed by atoms with Crippen molar-refractivity contribution in [1.29, 1.82) is 0 Å². The molecule has 1 aromatic carbocycles. The van der Waals surface area contributed by atoms with E-state index in [9.17, 15) is 0 Å². The van der Waals surface area contributed by atoms with Gasteiger partial charge in [-0.2, -0.15) is 0 Å². The Morgan fingerprint density at radius 3 is 2.76 bits per heavy atom. The lowest BCUT2D eigenvalue weighted by atomic mass is 9.83. The molecule has 2 nitrogen and oxygen atoms in total. The smallest absolute Gasteiger partial charge is 0.133 e. The van der Waals surface area contributed by atoms with Gasteiger partial charge in [0.2, 0.25) is 0 Å². The normalized spacial score (nSPS) is 28.8. The van der Waals surface area contributed by atoms with Crippen LogP contribution in [0.3, 0.4) is 0 Å². The van der Waals surface area contributed by atoms with Crippen molar-refractivity contribution in [3.63, 3.8) is 0 Å². The minimum Gasteiger partial charge on any atom is -0.496 e. The van der Waals surface area contributed by atoms with Gasteiger partial charge in [-0.3, -0.25) is 0 Å². The van der Waals surface area contributed by atoms with E-state index < -0.39 is 0 Å². The molecule has 3 heteroatoms. The molecular weight excluding hydrogens is 326 g/mol. The summed E-state index contributed by atoms with van der Waals surface area (Å²) in [7, 11) is 3.82. The van der Waals surface area contributed by atoms with Gasteiger partial charge in [0.25, 0.3) is 0 Å². The number of benzene rings is 1. The quantitative estimate of drug-likeness (QED) is 0.819. The predicted octanol–water partition coefficient (Wildman–Crippen LogP) is 4.41. The van der Waals surface area contributed by atoms with Gasteiger partial charge in [0.1, 0.15) is 5.75 Å². The lowest BCUT2D eigenvalue weighted by molar-refractivity contribution is 0.281. The Hall–Kier alpha value is -0.540. The van der Waals surface area contributed by atoms with Crippen molar-refractivity contribution in [3.8, 4) is 5.75 Å². The van der Waals surface area contributed by atoms with Gasteiger partial charge >= 0.3 is 0 Å². The van der Waals surface area contributed by atoms with Gasteiger partial charge in [0.05, 0.1) is 11.6 Å². The number of hydrogen-bond donors (Lipinski definition) is 1. The van der Waals surface area contributed by atoms with Gasteiger partial charge in [0.15, 0.2) is 0 Å². The van der Waals surface area contributed by atoms with Gasteiger partial charge < -0.3 is 10.1 Å². The summed E-state index contributed by atoms with van der Waals surface area (Å²) in [6, 6.07) is 7.04. The molecule has 2 aliphatic carbocycles. The third-order valence-electron chi connectivity index (χ3n) is 5.58.